The van der Waals surface area contributed by atoms with Gasteiger partial charge in [-0.05, 0) is 54.8 Å². The molecule has 0 radical (unpaired) electrons. The van der Waals surface area contributed by atoms with Crippen molar-refractivity contribution in [3.8, 4) is 5.75 Å². The smallest absolute Gasteiger partial charge is 0.340 e. The summed E-state index contributed by atoms with van der Waals surface area (Å²) in [5, 5.41) is 10.9. The van der Waals surface area contributed by atoms with Crippen LogP contribution < -0.4 is 0 Å². The quantitative estimate of drug-likeness (QED) is 0.553. The highest BCUT2D eigenvalue weighted by atomic mass is 79.9. The predicted molar refractivity (Wildman–Crippen MR) is 98.7 cm³/mol. The number of phenols is 1. The molecule has 5 heteroatoms. The van der Waals surface area contributed by atoms with Crippen LogP contribution in [0, 0.1) is 6.92 Å². The third kappa shape index (κ3) is 3.06. The molecule has 0 amide bonds. The molecule has 1 aliphatic carbocycles. The third-order valence-corrected chi connectivity index (χ3v) is 5.62. The summed E-state index contributed by atoms with van der Waals surface area (Å²) in [6, 6.07) is 3.99. The first kappa shape index (κ1) is 17.3. The van der Waals surface area contributed by atoms with E-state index in [0.29, 0.717) is 22.7 Å². The fourth-order valence-electron chi connectivity index (χ4n) is 3.89. The van der Waals surface area contributed by atoms with Gasteiger partial charge >= 0.3 is 5.97 Å². The van der Waals surface area contributed by atoms with Gasteiger partial charge in [-0.25, -0.2) is 4.79 Å². The van der Waals surface area contributed by atoms with Gasteiger partial charge < -0.3 is 14.4 Å². The Kier molecular flexibility index (Phi) is 5.18. The minimum Gasteiger partial charge on any atom is -0.507 e. The maximum absolute atomic E-state index is 12.5. The van der Waals surface area contributed by atoms with Crippen molar-refractivity contribution < 1.29 is 14.6 Å². The van der Waals surface area contributed by atoms with E-state index in [1.165, 1.54) is 25.7 Å². The number of halogens is 1. The van der Waals surface area contributed by atoms with Crippen molar-refractivity contribution >= 4 is 32.8 Å². The summed E-state index contributed by atoms with van der Waals surface area (Å²) in [5.41, 5.74) is 2.51. The minimum absolute atomic E-state index is 0.145. The Morgan fingerprint density at radius 1 is 1.29 bits per heavy atom. The second-order valence-electron chi connectivity index (χ2n) is 6.52. The van der Waals surface area contributed by atoms with E-state index in [4.69, 9.17) is 4.74 Å². The first-order chi connectivity index (χ1) is 11.5. The number of esters is 1. The van der Waals surface area contributed by atoms with Gasteiger partial charge in [-0.15, -0.1) is 0 Å². The fourth-order valence-corrected chi connectivity index (χ4v) is 4.23. The first-order valence-corrected chi connectivity index (χ1v) is 9.54. The molecular weight excluding hydrogens is 370 g/mol. The highest BCUT2D eigenvalue weighted by Gasteiger charge is 2.26. The topological polar surface area (TPSA) is 51.5 Å². The lowest BCUT2D eigenvalue weighted by Gasteiger charge is -2.20. The van der Waals surface area contributed by atoms with Crippen molar-refractivity contribution in [3.63, 3.8) is 0 Å². The van der Waals surface area contributed by atoms with Crippen LogP contribution in [-0.4, -0.2) is 22.2 Å². The number of ether oxygens (including phenoxy) is 1. The zero-order valence-corrected chi connectivity index (χ0v) is 15.9. The van der Waals surface area contributed by atoms with Crippen LogP contribution >= 0.6 is 15.9 Å². The van der Waals surface area contributed by atoms with Crippen molar-refractivity contribution in [2.45, 2.75) is 58.4 Å². The van der Waals surface area contributed by atoms with Crippen LogP contribution in [0.4, 0.5) is 0 Å². The van der Waals surface area contributed by atoms with Crippen LogP contribution in [0.15, 0.2) is 16.6 Å². The molecule has 1 aromatic carbocycles. The Morgan fingerprint density at radius 2 is 1.96 bits per heavy atom. The maximum atomic E-state index is 12.5. The molecule has 130 valence electrons. The Bertz CT molecular complexity index is 758. The number of phenolic OH excluding ortho intramolecular Hbond substituents is 1. The average molecular weight is 394 g/mol. The van der Waals surface area contributed by atoms with E-state index in [1.807, 2.05) is 19.9 Å². The van der Waals surface area contributed by atoms with Gasteiger partial charge in [0.15, 0.2) is 0 Å². The molecule has 4 nitrogen and oxygen atoms in total. The molecule has 3 rings (SSSR count). The van der Waals surface area contributed by atoms with Crippen molar-refractivity contribution in [3.05, 3.63) is 27.9 Å². The zero-order valence-electron chi connectivity index (χ0n) is 14.3. The summed E-state index contributed by atoms with van der Waals surface area (Å²) in [5.74, 6) is -0.167. The number of aromatic nitrogens is 1. The number of benzene rings is 1. The maximum Gasteiger partial charge on any atom is 0.340 e. The van der Waals surface area contributed by atoms with Gasteiger partial charge in [-0.2, -0.15) is 0 Å². The summed E-state index contributed by atoms with van der Waals surface area (Å²) in [4.78, 5) is 12.5. The summed E-state index contributed by atoms with van der Waals surface area (Å²) in [7, 11) is 0. The molecule has 0 unspecified atom stereocenters. The van der Waals surface area contributed by atoms with E-state index in [-0.39, 0.29) is 11.7 Å². The summed E-state index contributed by atoms with van der Waals surface area (Å²) in [6.07, 6.45) is 7.26. The lowest BCUT2D eigenvalue weighted by atomic mass is 10.1. The normalized spacial score (nSPS) is 16.3. The number of hydrogen-bond acceptors (Lipinski definition) is 3. The molecule has 1 fully saturated rings. The van der Waals surface area contributed by atoms with Gasteiger partial charge in [0.1, 0.15) is 5.75 Å². The Labute approximate surface area is 150 Å². The van der Waals surface area contributed by atoms with Gasteiger partial charge in [-0.3, -0.25) is 0 Å². The first-order valence-electron chi connectivity index (χ1n) is 8.74. The van der Waals surface area contributed by atoms with Crippen LogP contribution in [0.5, 0.6) is 5.75 Å². The molecule has 0 saturated heterocycles. The number of aromatic hydroxyl groups is 1. The molecule has 0 bridgehead atoms. The number of carbonyl (C=O) groups is 1. The largest absolute Gasteiger partial charge is 0.507 e. The highest BCUT2D eigenvalue weighted by molar-refractivity contribution is 9.10. The Morgan fingerprint density at radius 3 is 2.58 bits per heavy atom. The van der Waals surface area contributed by atoms with E-state index >= 15 is 0 Å². The van der Waals surface area contributed by atoms with Crippen LogP contribution in [0.1, 0.15) is 67.5 Å². The number of nitrogens with zero attached hydrogens (tertiary/aromatic N) is 1. The standard InChI is InChI=1S/C19H24BrNO3/c1-3-24-19(23)18-12(2)21(13-8-6-4-5-7-9-13)16-11-15(20)17(22)10-14(16)18/h10-11,13,22H,3-9H2,1-2H3. The van der Waals surface area contributed by atoms with Crippen molar-refractivity contribution in [1.29, 1.82) is 0 Å². The number of fused-ring (bicyclic) bond motifs is 1. The van der Waals surface area contributed by atoms with Gasteiger partial charge in [0.2, 0.25) is 0 Å². The predicted octanol–water partition coefficient (Wildman–Crippen LogP) is 5.49. The molecule has 0 atom stereocenters. The molecule has 0 aliphatic heterocycles. The summed E-state index contributed by atoms with van der Waals surface area (Å²) in [6.45, 7) is 4.14. The monoisotopic (exact) mass is 393 g/mol. The van der Waals surface area contributed by atoms with E-state index in [9.17, 15) is 9.90 Å². The second kappa shape index (κ2) is 7.18. The van der Waals surface area contributed by atoms with Crippen molar-refractivity contribution in [2.75, 3.05) is 6.61 Å². The van der Waals surface area contributed by atoms with Crippen LogP contribution in [0.25, 0.3) is 10.9 Å². The van der Waals surface area contributed by atoms with E-state index < -0.39 is 0 Å². The summed E-state index contributed by atoms with van der Waals surface area (Å²) >= 11 is 3.41. The molecule has 24 heavy (non-hydrogen) atoms. The number of hydrogen-bond donors (Lipinski definition) is 1. The molecule has 1 heterocycles. The van der Waals surface area contributed by atoms with Crippen LogP contribution in [0.2, 0.25) is 0 Å². The average Bonchev–Trinajstić information content (AvgIpc) is 2.71. The van der Waals surface area contributed by atoms with E-state index in [0.717, 1.165) is 29.4 Å². The number of carbonyl (C=O) groups excluding carboxylic acids is 1. The molecule has 0 spiro atoms. The highest BCUT2D eigenvalue weighted by Crippen LogP contribution is 2.39. The second-order valence-corrected chi connectivity index (χ2v) is 7.37. The summed E-state index contributed by atoms with van der Waals surface area (Å²) < 4.78 is 8.21. The van der Waals surface area contributed by atoms with Gasteiger partial charge in [0.05, 0.1) is 22.2 Å². The van der Waals surface area contributed by atoms with Crippen molar-refractivity contribution in [1.82, 2.24) is 4.57 Å². The minimum atomic E-state index is -0.311. The Hall–Kier alpha value is -1.49. The molecule has 1 saturated carbocycles. The lowest BCUT2D eigenvalue weighted by molar-refractivity contribution is 0.0527. The van der Waals surface area contributed by atoms with Crippen molar-refractivity contribution in [2.24, 2.45) is 0 Å². The zero-order chi connectivity index (χ0) is 17.3. The molecule has 1 aromatic heterocycles. The van der Waals surface area contributed by atoms with Gasteiger partial charge in [0, 0.05) is 17.1 Å². The molecule has 1 aliphatic rings. The lowest BCUT2D eigenvalue weighted by Crippen LogP contribution is -2.12. The Balaban J connectivity index is 2.22. The van der Waals surface area contributed by atoms with Gasteiger partial charge in [-0.1, -0.05) is 25.7 Å². The molecule has 1 N–H and O–H groups in total. The third-order valence-electron chi connectivity index (χ3n) is 4.99. The van der Waals surface area contributed by atoms with Crippen LogP contribution in [-0.2, 0) is 4.74 Å². The fraction of sp³-hybridized carbons (Fsp3) is 0.526. The SMILES string of the molecule is CCOC(=O)c1c(C)n(C2CCCCCC2)c2cc(Br)c(O)cc12. The number of rotatable bonds is 3. The van der Waals surface area contributed by atoms with Gasteiger partial charge in [0.25, 0.3) is 0 Å². The molecular formula is C19H24BrNO3. The molecule has 2 aromatic rings. The van der Waals surface area contributed by atoms with Crippen LogP contribution in [0.3, 0.4) is 0 Å². The van der Waals surface area contributed by atoms with E-state index in [2.05, 4.69) is 20.5 Å². The van der Waals surface area contributed by atoms with E-state index in [1.54, 1.807) is 6.07 Å².